The van der Waals surface area contributed by atoms with Crippen LogP contribution >= 0.6 is 0 Å². The van der Waals surface area contributed by atoms with Gasteiger partial charge in [-0.3, -0.25) is 4.79 Å². The van der Waals surface area contributed by atoms with E-state index in [9.17, 15) is 13.2 Å². The molecule has 1 aromatic rings. The van der Waals surface area contributed by atoms with Gasteiger partial charge in [-0.25, -0.2) is 8.42 Å². The summed E-state index contributed by atoms with van der Waals surface area (Å²) in [5, 5.41) is 9.07. The van der Waals surface area contributed by atoms with Gasteiger partial charge in [0.15, 0.2) is 0 Å². The number of rotatable bonds is 3. The summed E-state index contributed by atoms with van der Waals surface area (Å²) in [4.78, 5) is 11.3. The van der Waals surface area contributed by atoms with Gasteiger partial charge in [0.05, 0.1) is 10.8 Å². The quantitative estimate of drug-likeness (QED) is 0.908. The summed E-state index contributed by atoms with van der Waals surface area (Å²) in [6.45, 7) is 3.81. The van der Waals surface area contributed by atoms with Crippen molar-refractivity contribution in [1.29, 1.82) is 0 Å². The Morgan fingerprint density at radius 2 is 1.95 bits per heavy atom. The van der Waals surface area contributed by atoms with E-state index in [0.29, 0.717) is 5.56 Å². The molecule has 6 heteroatoms. The number of carboxylic acid groups (broad SMARTS) is 1. The number of aryl methyl sites for hydroxylation is 1. The van der Waals surface area contributed by atoms with E-state index >= 15 is 0 Å². The number of aliphatic carboxylic acids is 1. The summed E-state index contributed by atoms with van der Waals surface area (Å²) in [6, 6.07) is 6.75. The topological polar surface area (TPSA) is 74.7 Å². The van der Waals surface area contributed by atoms with E-state index in [1.807, 2.05) is 0 Å². The van der Waals surface area contributed by atoms with Crippen LogP contribution in [0.5, 0.6) is 0 Å². The van der Waals surface area contributed by atoms with Gasteiger partial charge in [-0.2, -0.15) is 4.31 Å². The SMILES string of the molecule is Cc1ccccc1S(=O)(=O)N1CC(C)C(C(=O)O)C1. The summed E-state index contributed by atoms with van der Waals surface area (Å²) in [6.07, 6.45) is 0. The van der Waals surface area contributed by atoms with Gasteiger partial charge < -0.3 is 5.11 Å². The molecule has 2 rings (SSSR count). The van der Waals surface area contributed by atoms with Gasteiger partial charge in [0.2, 0.25) is 10.0 Å². The average Bonchev–Trinajstić information content (AvgIpc) is 2.72. The maximum atomic E-state index is 12.5. The molecular formula is C13H17NO4S. The maximum absolute atomic E-state index is 12.5. The van der Waals surface area contributed by atoms with Crippen molar-refractivity contribution in [3.8, 4) is 0 Å². The third kappa shape index (κ3) is 2.50. The molecule has 1 fully saturated rings. The van der Waals surface area contributed by atoms with Crippen LogP contribution in [0.1, 0.15) is 12.5 Å². The lowest BCUT2D eigenvalue weighted by atomic mass is 9.99. The van der Waals surface area contributed by atoms with Crippen LogP contribution in [0.4, 0.5) is 0 Å². The van der Waals surface area contributed by atoms with E-state index < -0.39 is 21.9 Å². The molecule has 5 nitrogen and oxygen atoms in total. The number of hydrogen-bond acceptors (Lipinski definition) is 3. The monoisotopic (exact) mass is 283 g/mol. The Morgan fingerprint density at radius 1 is 1.32 bits per heavy atom. The fourth-order valence-electron chi connectivity index (χ4n) is 2.42. The molecule has 19 heavy (non-hydrogen) atoms. The number of sulfonamides is 1. The molecule has 1 aromatic carbocycles. The number of hydrogen-bond donors (Lipinski definition) is 1. The molecule has 104 valence electrons. The minimum atomic E-state index is -3.60. The number of carbonyl (C=O) groups is 1. The Hall–Kier alpha value is -1.40. The minimum absolute atomic E-state index is 0.0488. The van der Waals surface area contributed by atoms with Crippen LogP contribution in [-0.2, 0) is 14.8 Å². The average molecular weight is 283 g/mol. The smallest absolute Gasteiger partial charge is 0.308 e. The molecule has 1 saturated heterocycles. The van der Waals surface area contributed by atoms with Gasteiger partial charge in [0, 0.05) is 13.1 Å². The Morgan fingerprint density at radius 3 is 2.47 bits per heavy atom. The van der Waals surface area contributed by atoms with Crippen LogP contribution in [0.2, 0.25) is 0 Å². The van der Waals surface area contributed by atoms with Crippen LogP contribution in [-0.4, -0.2) is 36.9 Å². The summed E-state index contributed by atoms with van der Waals surface area (Å²) in [5.41, 5.74) is 0.675. The molecule has 2 atom stereocenters. The van der Waals surface area contributed by atoms with Crippen molar-refractivity contribution in [3.63, 3.8) is 0 Å². The Kier molecular flexibility index (Phi) is 3.64. The summed E-state index contributed by atoms with van der Waals surface area (Å²) in [7, 11) is -3.60. The zero-order valence-electron chi connectivity index (χ0n) is 10.9. The van der Waals surface area contributed by atoms with E-state index in [1.165, 1.54) is 4.31 Å². The first kappa shape index (κ1) is 14.0. The predicted octanol–water partition coefficient (Wildman–Crippen LogP) is 1.34. The summed E-state index contributed by atoms with van der Waals surface area (Å²) < 4.78 is 26.3. The highest BCUT2D eigenvalue weighted by Crippen LogP contribution is 2.29. The lowest BCUT2D eigenvalue weighted by Gasteiger charge is -2.17. The van der Waals surface area contributed by atoms with Crippen molar-refractivity contribution in [1.82, 2.24) is 4.31 Å². The normalized spacial score (nSPS) is 24.5. The van der Waals surface area contributed by atoms with E-state index in [-0.39, 0.29) is 23.9 Å². The zero-order chi connectivity index (χ0) is 14.2. The molecule has 0 radical (unpaired) electrons. The van der Waals surface area contributed by atoms with E-state index in [0.717, 1.165) is 0 Å². The molecular weight excluding hydrogens is 266 g/mol. The van der Waals surface area contributed by atoms with E-state index in [4.69, 9.17) is 5.11 Å². The number of nitrogens with zero attached hydrogens (tertiary/aromatic N) is 1. The van der Waals surface area contributed by atoms with Crippen molar-refractivity contribution >= 4 is 16.0 Å². The Bertz CT molecular complexity index is 596. The molecule has 1 aliphatic heterocycles. The third-order valence-corrected chi connectivity index (χ3v) is 5.60. The highest BCUT2D eigenvalue weighted by atomic mass is 32.2. The zero-order valence-corrected chi connectivity index (χ0v) is 11.7. The lowest BCUT2D eigenvalue weighted by Crippen LogP contribution is -2.30. The van der Waals surface area contributed by atoms with Crippen molar-refractivity contribution in [3.05, 3.63) is 29.8 Å². The molecule has 0 saturated carbocycles. The molecule has 0 aromatic heterocycles. The molecule has 0 amide bonds. The molecule has 0 aliphatic carbocycles. The summed E-state index contributed by atoms with van der Waals surface area (Å²) >= 11 is 0. The molecule has 1 N–H and O–H groups in total. The first-order valence-corrected chi connectivity index (χ1v) is 7.56. The molecule has 0 spiro atoms. The standard InChI is InChI=1S/C13H17NO4S/c1-9-5-3-4-6-12(9)19(17,18)14-7-10(2)11(8-14)13(15)16/h3-6,10-11H,7-8H2,1-2H3,(H,15,16). The van der Waals surface area contributed by atoms with E-state index in [1.54, 1.807) is 38.1 Å². The number of carboxylic acids is 1. The lowest BCUT2D eigenvalue weighted by molar-refractivity contribution is -0.142. The van der Waals surface area contributed by atoms with Crippen molar-refractivity contribution < 1.29 is 18.3 Å². The van der Waals surface area contributed by atoms with Crippen molar-refractivity contribution in [2.24, 2.45) is 11.8 Å². The fraction of sp³-hybridized carbons (Fsp3) is 0.462. The molecule has 2 unspecified atom stereocenters. The second-order valence-corrected chi connectivity index (χ2v) is 6.92. The largest absolute Gasteiger partial charge is 0.481 e. The van der Waals surface area contributed by atoms with Crippen LogP contribution in [0.25, 0.3) is 0 Å². The fourth-order valence-corrected chi connectivity index (χ4v) is 4.22. The summed E-state index contributed by atoms with van der Waals surface area (Å²) in [5.74, 6) is -1.73. The van der Waals surface area contributed by atoms with Gasteiger partial charge in [0.1, 0.15) is 0 Å². The molecule has 1 aliphatic rings. The Labute approximate surface area is 112 Å². The second kappa shape index (κ2) is 4.94. The van der Waals surface area contributed by atoms with Crippen LogP contribution in [0.15, 0.2) is 29.2 Å². The minimum Gasteiger partial charge on any atom is -0.481 e. The van der Waals surface area contributed by atoms with E-state index in [2.05, 4.69) is 0 Å². The van der Waals surface area contributed by atoms with Gasteiger partial charge in [-0.1, -0.05) is 25.1 Å². The van der Waals surface area contributed by atoms with Gasteiger partial charge in [-0.05, 0) is 24.5 Å². The number of benzene rings is 1. The van der Waals surface area contributed by atoms with Crippen molar-refractivity contribution in [2.75, 3.05) is 13.1 Å². The van der Waals surface area contributed by atoms with Gasteiger partial charge in [-0.15, -0.1) is 0 Å². The molecule has 0 bridgehead atoms. The van der Waals surface area contributed by atoms with Crippen molar-refractivity contribution in [2.45, 2.75) is 18.7 Å². The van der Waals surface area contributed by atoms with Gasteiger partial charge in [0.25, 0.3) is 0 Å². The Balaban J connectivity index is 2.33. The third-order valence-electron chi connectivity index (χ3n) is 3.61. The van der Waals surface area contributed by atoms with Crippen LogP contribution in [0, 0.1) is 18.8 Å². The highest BCUT2D eigenvalue weighted by Gasteiger charge is 2.40. The molecule has 1 heterocycles. The van der Waals surface area contributed by atoms with Gasteiger partial charge >= 0.3 is 5.97 Å². The first-order chi connectivity index (χ1) is 8.84. The maximum Gasteiger partial charge on any atom is 0.308 e. The first-order valence-electron chi connectivity index (χ1n) is 6.12. The highest BCUT2D eigenvalue weighted by molar-refractivity contribution is 7.89. The predicted molar refractivity (Wildman–Crippen MR) is 70.2 cm³/mol. The second-order valence-electron chi connectivity index (χ2n) is 5.01. The van der Waals surface area contributed by atoms with Crippen LogP contribution in [0.3, 0.4) is 0 Å². The van der Waals surface area contributed by atoms with Crippen LogP contribution < -0.4 is 0 Å².